The molecule has 0 aromatic rings. The van der Waals surface area contributed by atoms with Crippen LogP contribution in [0.5, 0.6) is 0 Å². The van der Waals surface area contributed by atoms with Gasteiger partial charge >= 0.3 is 0 Å². The predicted molar refractivity (Wildman–Crippen MR) is 152 cm³/mol. The molecule has 1 N–H and O–H groups in total. The van der Waals surface area contributed by atoms with Crippen LogP contribution in [0, 0.1) is 0 Å². The number of unbranched alkanes of at least 4 members (excludes halogenated alkanes) is 17. The maximum absolute atomic E-state index is 11.7. The molecule has 0 spiro atoms. The van der Waals surface area contributed by atoms with Gasteiger partial charge in [-0.05, 0) is 51.1 Å². The summed E-state index contributed by atoms with van der Waals surface area (Å²) in [4.78, 5) is 0. The Labute approximate surface area is 205 Å². The molecule has 0 amide bonds. The second kappa shape index (κ2) is 21.9. The molecular weight excluding hydrogens is 407 g/mol. The lowest BCUT2D eigenvalue weighted by atomic mass is 10.1. The highest BCUT2D eigenvalue weighted by Crippen LogP contribution is 2.70. The summed E-state index contributed by atoms with van der Waals surface area (Å²) >= 11 is 0. The van der Waals surface area contributed by atoms with Gasteiger partial charge in [-0.25, -0.2) is 0 Å². The minimum absolute atomic E-state index is 0.402. The third kappa shape index (κ3) is 15.3. The van der Waals surface area contributed by atoms with Crippen molar-refractivity contribution in [2.75, 3.05) is 18.5 Å². The zero-order valence-corrected chi connectivity index (χ0v) is 24.3. The van der Waals surface area contributed by atoms with E-state index in [0.717, 1.165) is 6.42 Å². The van der Waals surface area contributed by atoms with Gasteiger partial charge < -0.3 is 5.11 Å². The molecule has 0 heterocycles. The Kier molecular flexibility index (Phi) is 22.2. The molecule has 0 fully saturated rings. The maximum Gasteiger partial charge on any atom is 0.0769 e. The number of aliphatic hydroxyl groups is 1. The molecular formula is C30H64OP. The first kappa shape index (κ1) is 32.4. The highest BCUT2D eigenvalue weighted by molar-refractivity contribution is 7.77. The summed E-state index contributed by atoms with van der Waals surface area (Å²) in [6.07, 6.45) is 32.7. The average molecular weight is 472 g/mol. The van der Waals surface area contributed by atoms with E-state index >= 15 is 0 Å². The minimum atomic E-state index is -1.32. The lowest BCUT2D eigenvalue weighted by Crippen LogP contribution is -2.33. The van der Waals surface area contributed by atoms with Crippen LogP contribution < -0.4 is 0 Å². The van der Waals surface area contributed by atoms with Crippen molar-refractivity contribution in [2.24, 2.45) is 0 Å². The molecule has 0 bridgehead atoms. The zero-order valence-electron chi connectivity index (χ0n) is 23.4. The van der Waals surface area contributed by atoms with Gasteiger partial charge in [0.2, 0.25) is 0 Å². The Morgan fingerprint density at radius 3 is 0.938 bits per heavy atom. The molecule has 195 valence electrons. The summed E-state index contributed by atoms with van der Waals surface area (Å²) in [6.45, 7) is 11.4. The molecule has 0 aromatic heterocycles. The molecule has 0 saturated heterocycles. The molecule has 2 heteroatoms. The van der Waals surface area contributed by atoms with E-state index in [9.17, 15) is 5.11 Å². The van der Waals surface area contributed by atoms with Crippen LogP contribution in [-0.4, -0.2) is 28.9 Å². The topological polar surface area (TPSA) is 20.2 Å². The highest BCUT2D eigenvalue weighted by atomic mass is 31.2. The molecule has 0 saturated carbocycles. The van der Waals surface area contributed by atoms with Gasteiger partial charge in [-0.3, -0.25) is 0 Å². The van der Waals surface area contributed by atoms with Crippen molar-refractivity contribution >= 4 is 7.26 Å². The summed E-state index contributed by atoms with van der Waals surface area (Å²) in [7, 11) is -1.32. The molecule has 1 nitrogen and oxygen atoms in total. The highest BCUT2D eigenvalue weighted by Gasteiger charge is 2.41. The molecule has 0 aliphatic rings. The standard InChI is InChI=1S/C30H64OP/c1-6-10-13-16-19-20-23-26-29-32(30(5,31)9-4,27-24-21-17-14-11-7-2)28-25-22-18-15-12-8-3/h31H,6-29H2,1-5H3. The second-order valence-corrected chi connectivity index (χ2v) is 15.5. The first-order valence-electron chi connectivity index (χ1n) is 15.1. The average Bonchev–Trinajstić information content (AvgIpc) is 2.79. The summed E-state index contributed by atoms with van der Waals surface area (Å²) in [5.41, 5.74) is 0. The van der Waals surface area contributed by atoms with E-state index in [-0.39, 0.29) is 0 Å². The summed E-state index contributed by atoms with van der Waals surface area (Å²) < 4.78 is 0. The van der Waals surface area contributed by atoms with Gasteiger partial charge in [0, 0.05) is 0 Å². The van der Waals surface area contributed by atoms with E-state index < -0.39 is 12.6 Å². The van der Waals surface area contributed by atoms with E-state index in [1.807, 2.05) is 0 Å². The minimum Gasteiger partial charge on any atom is -0.386 e. The van der Waals surface area contributed by atoms with Gasteiger partial charge in [-0.15, -0.1) is 0 Å². The Morgan fingerprint density at radius 1 is 0.438 bits per heavy atom. The van der Waals surface area contributed by atoms with Crippen molar-refractivity contribution in [3.63, 3.8) is 0 Å². The Bertz CT molecular complexity index is 363. The molecule has 1 unspecified atom stereocenters. The van der Waals surface area contributed by atoms with Crippen molar-refractivity contribution in [1.29, 1.82) is 0 Å². The fraction of sp³-hybridized carbons (Fsp3) is 1.00. The van der Waals surface area contributed by atoms with Gasteiger partial charge in [0.25, 0.3) is 0 Å². The number of hydrogen-bond donors (Lipinski definition) is 1. The molecule has 32 heavy (non-hydrogen) atoms. The first-order valence-corrected chi connectivity index (χ1v) is 17.4. The maximum atomic E-state index is 11.7. The largest absolute Gasteiger partial charge is 0.386 e. The summed E-state index contributed by atoms with van der Waals surface area (Å²) in [5.74, 6) is 0. The fourth-order valence-corrected chi connectivity index (χ4v) is 10.6. The van der Waals surface area contributed by atoms with Crippen molar-refractivity contribution in [3.8, 4) is 0 Å². The molecule has 0 aliphatic carbocycles. The van der Waals surface area contributed by atoms with Crippen LogP contribution >= 0.6 is 7.26 Å². The van der Waals surface area contributed by atoms with Crippen LogP contribution in [0.4, 0.5) is 0 Å². The third-order valence-electron chi connectivity index (χ3n) is 8.01. The van der Waals surface area contributed by atoms with E-state index in [1.165, 1.54) is 147 Å². The van der Waals surface area contributed by atoms with Crippen molar-refractivity contribution in [3.05, 3.63) is 0 Å². The van der Waals surface area contributed by atoms with E-state index in [2.05, 4.69) is 34.6 Å². The Hall–Kier alpha value is 0.390. The molecule has 0 aliphatic heterocycles. The van der Waals surface area contributed by atoms with Crippen LogP contribution in [0.2, 0.25) is 0 Å². The van der Waals surface area contributed by atoms with E-state index in [1.54, 1.807) is 0 Å². The molecule has 1 radical (unpaired) electrons. The zero-order chi connectivity index (χ0) is 24.0. The summed E-state index contributed by atoms with van der Waals surface area (Å²) in [6, 6.07) is 0. The fourth-order valence-electron chi connectivity index (χ4n) is 5.33. The smallest absolute Gasteiger partial charge is 0.0769 e. The van der Waals surface area contributed by atoms with Gasteiger partial charge in [0.05, 0.1) is 5.34 Å². The van der Waals surface area contributed by atoms with Gasteiger partial charge in [-0.1, -0.05) is 144 Å². The van der Waals surface area contributed by atoms with Gasteiger partial charge in [0.15, 0.2) is 0 Å². The second-order valence-electron chi connectivity index (χ2n) is 10.9. The van der Waals surface area contributed by atoms with Crippen LogP contribution in [0.1, 0.15) is 169 Å². The van der Waals surface area contributed by atoms with Gasteiger partial charge in [-0.2, -0.15) is 0 Å². The SMILES string of the molecule is CCCCCCCCCC[P](CCCCCCCC)(CCCCCCCC)C(C)(O)CC. The van der Waals surface area contributed by atoms with Crippen LogP contribution in [0.3, 0.4) is 0 Å². The van der Waals surface area contributed by atoms with Crippen LogP contribution in [0.25, 0.3) is 0 Å². The number of hydrogen-bond acceptors (Lipinski definition) is 1. The normalized spacial score (nSPS) is 14.1. The van der Waals surface area contributed by atoms with Crippen LogP contribution in [-0.2, 0) is 0 Å². The molecule has 1 atom stereocenters. The lowest BCUT2D eigenvalue weighted by Gasteiger charge is -2.49. The van der Waals surface area contributed by atoms with Crippen molar-refractivity contribution in [1.82, 2.24) is 0 Å². The van der Waals surface area contributed by atoms with Crippen molar-refractivity contribution in [2.45, 2.75) is 175 Å². The monoisotopic (exact) mass is 471 g/mol. The summed E-state index contributed by atoms with van der Waals surface area (Å²) in [5, 5.41) is 11.3. The quantitative estimate of drug-likeness (QED) is 0.104. The van der Waals surface area contributed by atoms with Crippen LogP contribution in [0.15, 0.2) is 0 Å². The predicted octanol–water partition coefficient (Wildman–Crippen LogP) is 11.0. The first-order chi connectivity index (χ1) is 15.5. The Balaban J connectivity index is 4.80. The van der Waals surface area contributed by atoms with Crippen molar-refractivity contribution < 1.29 is 5.11 Å². The van der Waals surface area contributed by atoms with E-state index in [0.29, 0.717) is 0 Å². The number of rotatable bonds is 25. The third-order valence-corrected chi connectivity index (χ3v) is 13.9. The molecule has 0 rings (SSSR count). The van der Waals surface area contributed by atoms with Gasteiger partial charge in [0.1, 0.15) is 0 Å². The lowest BCUT2D eigenvalue weighted by molar-refractivity contribution is 0.141. The Morgan fingerprint density at radius 2 is 0.688 bits per heavy atom. The van der Waals surface area contributed by atoms with E-state index in [4.69, 9.17) is 0 Å². The molecule has 0 aromatic carbocycles.